The highest BCUT2D eigenvalue weighted by atomic mass is 16.5. The Balaban J connectivity index is 2.53. The van der Waals surface area contributed by atoms with Crippen LogP contribution in [0, 0.1) is 0 Å². The van der Waals surface area contributed by atoms with Gasteiger partial charge in [-0.05, 0) is 11.6 Å². The minimum Gasteiger partial charge on any atom is -0.481 e. The molecule has 0 radical (unpaired) electrons. The molecule has 0 aliphatic heterocycles. The third-order valence-electron chi connectivity index (χ3n) is 1.74. The second-order valence-electron chi connectivity index (χ2n) is 3.13. The number of ether oxygens (including phenoxy) is 1. The lowest BCUT2D eigenvalue weighted by Crippen LogP contribution is -2.14. The number of rotatable bonds is 5. The fourth-order valence-corrected chi connectivity index (χ4v) is 1.05. The van der Waals surface area contributed by atoms with E-state index in [-0.39, 0.29) is 13.0 Å². The van der Waals surface area contributed by atoms with E-state index < -0.39 is 12.1 Å². The van der Waals surface area contributed by atoms with E-state index in [9.17, 15) is 9.59 Å². The van der Waals surface area contributed by atoms with Gasteiger partial charge in [0.05, 0.1) is 6.42 Å². The molecule has 0 atom stereocenters. The van der Waals surface area contributed by atoms with E-state index in [0.717, 1.165) is 0 Å². The molecule has 0 bridgehead atoms. The van der Waals surface area contributed by atoms with Crippen molar-refractivity contribution in [1.29, 1.82) is 0 Å². The van der Waals surface area contributed by atoms with Crippen molar-refractivity contribution in [3.8, 4) is 0 Å². The summed E-state index contributed by atoms with van der Waals surface area (Å²) in [5, 5.41) is 10.9. The van der Waals surface area contributed by atoms with Gasteiger partial charge in [0, 0.05) is 6.20 Å². The average Bonchev–Trinajstić information content (AvgIpc) is 2.28. The van der Waals surface area contributed by atoms with Crippen LogP contribution >= 0.6 is 0 Å². The number of aromatic nitrogens is 1. The molecule has 0 saturated carbocycles. The topological polar surface area (TPSA) is 88.5 Å². The number of carboxylic acid groups (broad SMARTS) is 1. The van der Waals surface area contributed by atoms with Crippen LogP contribution < -0.4 is 5.32 Å². The molecule has 0 spiro atoms. The SMILES string of the molecule is C=CCOC(=O)Nc1ccc(CC(=O)O)cn1. The largest absolute Gasteiger partial charge is 0.481 e. The number of hydrogen-bond donors (Lipinski definition) is 2. The number of aliphatic carboxylic acids is 1. The fraction of sp³-hybridized carbons (Fsp3) is 0.182. The number of anilines is 1. The standard InChI is InChI=1S/C11H12N2O4/c1-2-5-17-11(16)13-9-4-3-8(7-12-9)6-10(14)15/h2-4,7H,1,5-6H2,(H,14,15)(H,12,13,16). The second-order valence-corrected chi connectivity index (χ2v) is 3.13. The van der Waals surface area contributed by atoms with Gasteiger partial charge in [0.15, 0.2) is 0 Å². The van der Waals surface area contributed by atoms with Crippen molar-refractivity contribution in [2.75, 3.05) is 11.9 Å². The normalized spacial score (nSPS) is 9.41. The van der Waals surface area contributed by atoms with E-state index >= 15 is 0 Å². The molecule has 0 unspecified atom stereocenters. The Morgan fingerprint density at radius 1 is 1.53 bits per heavy atom. The molecule has 6 nitrogen and oxygen atoms in total. The number of nitrogens with one attached hydrogen (secondary N) is 1. The van der Waals surface area contributed by atoms with E-state index in [1.807, 2.05) is 0 Å². The zero-order valence-corrected chi connectivity index (χ0v) is 9.05. The molecule has 1 amide bonds. The first-order valence-corrected chi connectivity index (χ1v) is 4.83. The van der Waals surface area contributed by atoms with E-state index in [1.54, 1.807) is 6.07 Å². The number of carbonyl (C=O) groups is 2. The van der Waals surface area contributed by atoms with Gasteiger partial charge in [-0.25, -0.2) is 9.78 Å². The summed E-state index contributed by atoms with van der Waals surface area (Å²) < 4.78 is 4.69. The van der Waals surface area contributed by atoms with Crippen molar-refractivity contribution in [1.82, 2.24) is 4.98 Å². The fourth-order valence-electron chi connectivity index (χ4n) is 1.05. The Morgan fingerprint density at radius 2 is 2.29 bits per heavy atom. The first-order valence-electron chi connectivity index (χ1n) is 4.83. The number of carboxylic acids is 1. The predicted octanol–water partition coefficient (Wildman–Crippen LogP) is 1.44. The van der Waals surface area contributed by atoms with Crippen molar-refractivity contribution >= 4 is 17.9 Å². The summed E-state index contributed by atoms with van der Waals surface area (Å²) in [5.41, 5.74) is 0.558. The lowest BCUT2D eigenvalue weighted by molar-refractivity contribution is -0.136. The molecule has 1 rings (SSSR count). The number of amides is 1. The van der Waals surface area contributed by atoms with Crippen molar-refractivity contribution < 1.29 is 19.4 Å². The number of carbonyl (C=O) groups excluding carboxylic acids is 1. The Morgan fingerprint density at radius 3 is 2.82 bits per heavy atom. The lowest BCUT2D eigenvalue weighted by atomic mass is 10.2. The summed E-state index contributed by atoms with van der Waals surface area (Å²) in [6, 6.07) is 3.08. The predicted molar refractivity (Wildman–Crippen MR) is 60.7 cm³/mol. The Kier molecular flexibility index (Phi) is 4.68. The van der Waals surface area contributed by atoms with Gasteiger partial charge in [0.25, 0.3) is 0 Å². The quantitative estimate of drug-likeness (QED) is 0.755. The van der Waals surface area contributed by atoms with Crippen molar-refractivity contribution in [2.24, 2.45) is 0 Å². The summed E-state index contributed by atoms with van der Waals surface area (Å²) in [4.78, 5) is 25.4. The molecule has 0 fully saturated rings. The van der Waals surface area contributed by atoms with Gasteiger partial charge in [-0.1, -0.05) is 18.7 Å². The first kappa shape index (κ1) is 12.7. The van der Waals surface area contributed by atoms with Gasteiger partial charge in [-0.3, -0.25) is 10.1 Å². The number of pyridine rings is 1. The zero-order chi connectivity index (χ0) is 12.7. The number of nitrogens with zero attached hydrogens (tertiary/aromatic N) is 1. The summed E-state index contributed by atoms with van der Waals surface area (Å²) >= 11 is 0. The molecule has 1 aromatic rings. The van der Waals surface area contributed by atoms with Gasteiger partial charge in [0.1, 0.15) is 12.4 Å². The molecular formula is C11H12N2O4. The Labute approximate surface area is 97.9 Å². The third kappa shape index (κ3) is 4.78. The molecule has 1 heterocycles. The zero-order valence-electron chi connectivity index (χ0n) is 9.05. The van der Waals surface area contributed by atoms with E-state index in [0.29, 0.717) is 11.4 Å². The second kappa shape index (κ2) is 6.26. The summed E-state index contributed by atoms with van der Waals surface area (Å²) in [6.07, 6.45) is 2.09. The molecule has 0 saturated heterocycles. The maximum Gasteiger partial charge on any atom is 0.413 e. The molecule has 90 valence electrons. The van der Waals surface area contributed by atoms with Gasteiger partial charge in [0.2, 0.25) is 0 Å². The maximum absolute atomic E-state index is 11.1. The highest BCUT2D eigenvalue weighted by Gasteiger charge is 2.04. The molecular weight excluding hydrogens is 224 g/mol. The molecule has 6 heteroatoms. The average molecular weight is 236 g/mol. The molecule has 0 aliphatic rings. The van der Waals surface area contributed by atoms with Gasteiger partial charge in [-0.15, -0.1) is 0 Å². The van der Waals surface area contributed by atoms with Gasteiger partial charge in [-0.2, -0.15) is 0 Å². The van der Waals surface area contributed by atoms with Crippen LogP contribution in [0.2, 0.25) is 0 Å². The van der Waals surface area contributed by atoms with Gasteiger partial charge < -0.3 is 9.84 Å². The van der Waals surface area contributed by atoms with Crippen molar-refractivity contribution in [2.45, 2.75) is 6.42 Å². The Hall–Kier alpha value is -2.37. The molecule has 17 heavy (non-hydrogen) atoms. The summed E-state index contributed by atoms with van der Waals surface area (Å²) in [5.74, 6) is -0.633. The number of hydrogen-bond acceptors (Lipinski definition) is 4. The molecule has 0 aliphatic carbocycles. The van der Waals surface area contributed by atoms with Crippen LogP contribution in [0.15, 0.2) is 31.0 Å². The summed E-state index contributed by atoms with van der Waals surface area (Å²) in [6.45, 7) is 3.52. The highest BCUT2D eigenvalue weighted by molar-refractivity contribution is 5.83. The smallest absolute Gasteiger partial charge is 0.413 e. The highest BCUT2D eigenvalue weighted by Crippen LogP contribution is 2.06. The van der Waals surface area contributed by atoms with Crippen molar-refractivity contribution in [3.05, 3.63) is 36.5 Å². The summed E-state index contributed by atoms with van der Waals surface area (Å²) in [7, 11) is 0. The monoisotopic (exact) mass is 236 g/mol. The lowest BCUT2D eigenvalue weighted by Gasteiger charge is -2.04. The molecule has 0 aromatic carbocycles. The van der Waals surface area contributed by atoms with E-state index in [1.165, 1.54) is 18.3 Å². The van der Waals surface area contributed by atoms with Crippen LogP contribution in [-0.4, -0.2) is 28.8 Å². The van der Waals surface area contributed by atoms with Crippen LogP contribution in [0.4, 0.5) is 10.6 Å². The third-order valence-corrected chi connectivity index (χ3v) is 1.74. The minimum absolute atomic E-state index is 0.103. The minimum atomic E-state index is -0.932. The van der Waals surface area contributed by atoms with E-state index in [2.05, 4.69) is 21.6 Å². The van der Waals surface area contributed by atoms with Crippen LogP contribution in [0.25, 0.3) is 0 Å². The first-order chi connectivity index (χ1) is 8.11. The molecule has 1 aromatic heterocycles. The Bertz CT molecular complexity index is 414. The van der Waals surface area contributed by atoms with E-state index in [4.69, 9.17) is 5.11 Å². The molecule has 2 N–H and O–H groups in total. The van der Waals surface area contributed by atoms with Crippen LogP contribution in [0.3, 0.4) is 0 Å². The van der Waals surface area contributed by atoms with Gasteiger partial charge >= 0.3 is 12.1 Å². The van der Waals surface area contributed by atoms with Crippen LogP contribution in [0.5, 0.6) is 0 Å². The maximum atomic E-state index is 11.1. The van der Waals surface area contributed by atoms with Crippen LogP contribution in [-0.2, 0) is 16.0 Å². The van der Waals surface area contributed by atoms with Crippen molar-refractivity contribution in [3.63, 3.8) is 0 Å². The van der Waals surface area contributed by atoms with Crippen LogP contribution in [0.1, 0.15) is 5.56 Å².